The summed E-state index contributed by atoms with van der Waals surface area (Å²) >= 11 is 0. The predicted molar refractivity (Wildman–Crippen MR) is 163 cm³/mol. The first kappa shape index (κ1) is 30.5. The smallest absolute Gasteiger partial charge is 0.193 e. The number of hydrogen-bond acceptors (Lipinski definition) is 9. The SMILES string of the molecule is COc1cc(O)c([C@@H]2C[C@H](CCc3ccc(O)cc3)O[C@@H](c3ccc(O)cc3)[C@H]2O)c(O)c1C(=O)C=Cc1ccc(O)cc1. The second-order valence-corrected chi connectivity index (χ2v) is 10.8. The van der Waals surface area contributed by atoms with Crippen LogP contribution in [0.25, 0.3) is 6.08 Å². The molecule has 1 aliphatic rings. The molecule has 228 valence electrons. The molecule has 0 aromatic heterocycles. The molecule has 4 atom stereocenters. The number of carbonyl (C=O) groups is 1. The summed E-state index contributed by atoms with van der Waals surface area (Å²) in [6.07, 6.45) is 1.60. The Hall–Kier alpha value is -4.99. The first-order chi connectivity index (χ1) is 21.1. The van der Waals surface area contributed by atoms with E-state index < -0.39 is 35.8 Å². The van der Waals surface area contributed by atoms with Crippen LogP contribution in [-0.4, -0.2) is 55.7 Å². The van der Waals surface area contributed by atoms with Crippen LogP contribution in [0.3, 0.4) is 0 Å². The molecule has 1 heterocycles. The molecule has 9 nitrogen and oxygen atoms in total. The average Bonchev–Trinajstić information content (AvgIpc) is 3.01. The summed E-state index contributed by atoms with van der Waals surface area (Å²) in [5.74, 6) is -2.02. The van der Waals surface area contributed by atoms with E-state index in [-0.39, 0.29) is 46.3 Å². The Labute approximate surface area is 254 Å². The van der Waals surface area contributed by atoms with E-state index in [0.717, 1.165) is 5.56 Å². The Morgan fingerprint density at radius 1 is 0.886 bits per heavy atom. The van der Waals surface area contributed by atoms with E-state index in [1.54, 1.807) is 36.4 Å². The van der Waals surface area contributed by atoms with Crippen LogP contribution in [0.4, 0.5) is 0 Å². The molecule has 1 fully saturated rings. The fraction of sp³-hybridized carbons (Fsp3) is 0.229. The molecule has 6 N–H and O–H groups in total. The highest BCUT2D eigenvalue weighted by Gasteiger charge is 2.42. The quantitative estimate of drug-likeness (QED) is 0.105. The lowest BCUT2D eigenvalue weighted by molar-refractivity contribution is -0.133. The van der Waals surface area contributed by atoms with Gasteiger partial charge in [0.1, 0.15) is 46.2 Å². The van der Waals surface area contributed by atoms with Crippen molar-refractivity contribution in [3.63, 3.8) is 0 Å². The van der Waals surface area contributed by atoms with Gasteiger partial charge in [-0.3, -0.25) is 4.79 Å². The number of ketones is 1. The summed E-state index contributed by atoms with van der Waals surface area (Å²) in [7, 11) is 1.32. The van der Waals surface area contributed by atoms with Crippen LogP contribution in [0.15, 0.2) is 84.9 Å². The number of hydrogen-bond donors (Lipinski definition) is 6. The third-order valence-electron chi connectivity index (χ3n) is 7.93. The lowest BCUT2D eigenvalue weighted by Crippen LogP contribution is -2.39. The van der Waals surface area contributed by atoms with E-state index in [1.165, 1.54) is 49.6 Å². The molecule has 44 heavy (non-hydrogen) atoms. The van der Waals surface area contributed by atoms with Gasteiger partial charge in [-0.2, -0.15) is 0 Å². The third-order valence-corrected chi connectivity index (χ3v) is 7.93. The van der Waals surface area contributed by atoms with Crippen molar-refractivity contribution in [2.45, 2.75) is 43.5 Å². The largest absolute Gasteiger partial charge is 0.508 e. The molecule has 0 spiro atoms. The van der Waals surface area contributed by atoms with Crippen LogP contribution in [0, 0.1) is 0 Å². The number of aliphatic hydroxyl groups excluding tert-OH is 1. The fourth-order valence-electron chi connectivity index (χ4n) is 5.63. The van der Waals surface area contributed by atoms with Gasteiger partial charge in [0.05, 0.1) is 19.3 Å². The number of phenols is 5. The van der Waals surface area contributed by atoms with Crippen molar-refractivity contribution in [3.05, 3.63) is 113 Å². The Bertz CT molecular complexity index is 1630. The van der Waals surface area contributed by atoms with E-state index in [4.69, 9.17) is 9.47 Å². The fourth-order valence-corrected chi connectivity index (χ4v) is 5.63. The van der Waals surface area contributed by atoms with Crippen molar-refractivity contribution in [2.24, 2.45) is 0 Å². The van der Waals surface area contributed by atoms with Crippen LogP contribution in [-0.2, 0) is 11.2 Å². The minimum absolute atomic E-state index is 0.00129. The predicted octanol–water partition coefficient (Wildman–Crippen LogP) is 5.73. The van der Waals surface area contributed by atoms with Crippen molar-refractivity contribution in [1.82, 2.24) is 0 Å². The van der Waals surface area contributed by atoms with Crippen LogP contribution < -0.4 is 4.74 Å². The molecular formula is C35H34O9. The van der Waals surface area contributed by atoms with Gasteiger partial charge in [0.15, 0.2) is 5.78 Å². The molecule has 9 heteroatoms. The molecule has 0 aliphatic carbocycles. The average molecular weight is 599 g/mol. The summed E-state index contributed by atoms with van der Waals surface area (Å²) in [6, 6.07) is 20.5. The molecule has 0 radical (unpaired) electrons. The number of phenolic OH excluding ortho intramolecular Hbond substituents is 5. The number of aromatic hydroxyl groups is 5. The maximum atomic E-state index is 13.4. The highest BCUT2D eigenvalue weighted by molar-refractivity contribution is 6.11. The second-order valence-electron chi connectivity index (χ2n) is 10.8. The number of methoxy groups -OCH3 is 1. The number of benzene rings is 4. The Kier molecular flexibility index (Phi) is 9.08. The number of rotatable bonds is 9. The van der Waals surface area contributed by atoms with E-state index in [2.05, 4.69) is 0 Å². The summed E-state index contributed by atoms with van der Waals surface area (Å²) in [5, 5.41) is 63.3. The van der Waals surface area contributed by atoms with Gasteiger partial charge in [0.2, 0.25) is 0 Å². The minimum atomic E-state index is -1.23. The van der Waals surface area contributed by atoms with Crippen molar-refractivity contribution < 1.29 is 44.9 Å². The zero-order chi connectivity index (χ0) is 31.4. The molecule has 0 amide bonds. The van der Waals surface area contributed by atoms with E-state index in [0.29, 0.717) is 24.0 Å². The zero-order valence-electron chi connectivity index (χ0n) is 24.0. The first-order valence-electron chi connectivity index (χ1n) is 14.2. The van der Waals surface area contributed by atoms with Gasteiger partial charge < -0.3 is 40.1 Å². The van der Waals surface area contributed by atoms with Crippen LogP contribution >= 0.6 is 0 Å². The van der Waals surface area contributed by atoms with E-state index in [9.17, 15) is 35.4 Å². The number of aliphatic hydroxyl groups is 1. The first-order valence-corrected chi connectivity index (χ1v) is 14.2. The van der Waals surface area contributed by atoms with Crippen LogP contribution in [0.5, 0.6) is 34.5 Å². The molecule has 1 aliphatic heterocycles. The maximum Gasteiger partial charge on any atom is 0.193 e. The molecule has 0 unspecified atom stereocenters. The Morgan fingerprint density at radius 2 is 1.48 bits per heavy atom. The number of allylic oxidation sites excluding steroid dienone is 1. The van der Waals surface area contributed by atoms with E-state index >= 15 is 0 Å². The lowest BCUT2D eigenvalue weighted by Gasteiger charge is -2.40. The number of carbonyl (C=O) groups excluding carboxylic acids is 1. The highest BCUT2D eigenvalue weighted by atomic mass is 16.5. The van der Waals surface area contributed by atoms with Crippen molar-refractivity contribution in [3.8, 4) is 34.5 Å². The molecular weight excluding hydrogens is 564 g/mol. The minimum Gasteiger partial charge on any atom is -0.508 e. The summed E-state index contributed by atoms with van der Waals surface area (Å²) in [4.78, 5) is 13.4. The number of ether oxygens (including phenoxy) is 2. The summed E-state index contributed by atoms with van der Waals surface area (Å²) in [6.45, 7) is 0. The normalized spacial score (nSPS) is 20.0. The van der Waals surface area contributed by atoms with Gasteiger partial charge in [-0.15, -0.1) is 0 Å². The lowest BCUT2D eigenvalue weighted by atomic mass is 9.78. The molecule has 0 saturated carbocycles. The molecule has 1 saturated heterocycles. The van der Waals surface area contributed by atoms with Gasteiger partial charge in [-0.1, -0.05) is 42.5 Å². The van der Waals surface area contributed by atoms with Gasteiger partial charge >= 0.3 is 0 Å². The standard InChI is InChI=1S/C35H34O9/c1-43-30-19-29(40)31(34(42)32(30)28(39)17-7-21-4-12-24(37)13-5-21)27-18-26(16-6-20-2-10-23(36)11-3-20)44-35(33(27)41)22-8-14-25(38)15-9-22/h2-5,7-15,17,19,26-27,33,35-38,40-42H,6,16,18H2,1H3/t26-,27-,33-,35-/m0/s1. The summed E-state index contributed by atoms with van der Waals surface area (Å²) < 4.78 is 11.7. The molecule has 4 aromatic rings. The van der Waals surface area contributed by atoms with E-state index in [1.807, 2.05) is 12.1 Å². The highest BCUT2D eigenvalue weighted by Crippen LogP contribution is 2.50. The van der Waals surface area contributed by atoms with Crippen LogP contribution in [0.2, 0.25) is 0 Å². The second kappa shape index (κ2) is 13.1. The maximum absolute atomic E-state index is 13.4. The van der Waals surface area contributed by atoms with Gasteiger partial charge in [0.25, 0.3) is 0 Å². The monoisotopic (exact) mass is 598 g/mol. The molecule has 5 rings (SSSR count). The summed E-state index contributed by atoms with van der Waals surface area (Å²) in [5.41, 5.74) is 2.04. The number of aryl methyl sites for hydroxylation is 1. The van der Waals surface area contributed by atoms with Crippen molar-refractivity contribution in [1.29, 1.82) is 0 Å². The van der Waals surface area contributed by atoms with Gasteiger partial charge in [0, 0.05) is 17.5 Å². The Balaban J connectivity index is 1.51. The molecule has 4 aromatic carbocycles. The Morgan fingerprint density at radius 3 is 2.09 bits per heavy atom. The van der Waals surface area contributed by atoms with Gasteiger partial charge in [-0.25, -0.2) is 0 Å². The van der Waals surface area contributed by atoms with Gasteiger partial charge in [-0.05, 0) is 78.4 Å². The van der Waals surface area contributed by atoms with Crippen molar-refractivity contribution in [2.75, 3.05) is 7.11 Å². The van der Waals surface area contributed by atoms with Crippen molar-refractivity contribution >= 4 is 11.9 Å². The third kappa shape index (κ3) is 6.64. The zero-order valence-corrected chi connectivity index (χ0v) is 24.0. The topological polar surface area (TPSA) is 157 Å². The molecule has 0 bridgehead atoms. The van der Waals surface area contributed by atoms with Crippen LogP contribution in [0.1, 0.15) is 57.5 Å².